The lowest BCUT2D eigenvalue weighted by Gasteiger charge is -2.03. The van der Waals surface area contributed by atoms with Gasteiger partial charge >= 0.3 is 0 Å². The standard InChI is InChI=1S/C26H14N4O2/c1-3-18(16-5-7-21-19(13-16)24-23(31-21)4-2-10-28-24)26-25(29-9-1)20-14-17(6-8-22(20)32-26)30-12-11-27-15-30/h1-2,4-15H. The van der Waals surface area contributed by atoms with Crippen LogP contribution in [0.15, 0.2) is 99.1 Å². The highest BCUT2D eigenvalue weighted by Crippen LogP contribution is 2.42. The highest BCUT2D eigenvalue weighted by Gasteiger charge is 2.21. The second-order valence-electron chi connectivity index (χ2n) is 7.56. The molecule has 1 aliphatic rings. The molecule has 32 heavy (non-hydrogen) atoms. The van der Waals surface area contributed by atoms with Crippen LogP contribution in [-0.2, 0) is 0 Å². The molecule has 4 aromatic heterocycles. The third kappa shape index (κ3) is 2.44. The van der Waals surface area contributed by atoms with Crippen LogP contribution in [0, 0.1) is 0 Å². The van der Waals surface area contributed by atoms with Gasteiger partial charge in [-0.15, -0.1) is 5.73 Å². The molecule has 0 N–H and O–H groups in total. The molecule has 0 radical (unpaired) electrons. The third-order valence-electron chi connectivity index (χ3n) is 5.69. The van der Waals surface area contributed by atoms with Gasteiger partial charge in [0.25, 0.3) is 0 Å². The van der Waals surface area contributed by atoms with Crippen molar-refractivity contribution in [1.29, 1.82) is 0 Å². The van der Waals surface area contributed by atoms with Gasteiger partial charge in [0.05, 0.1) is 11.9 Å². The number of aliphatic imine (C=N–C) groups is 1. The molecule has 0 saturated heterocycles. The zero-order valence-corrected chi connectivity index (χ0v) is 16.7. The van der Waals surface area contributed by atoms with Crippen molar-refractivity contribution in [3.05, 3.63) is 96.6 Å². The zero-order valence-electron chi connectivity index (χ0n) is 16.7. The second-order valence-corrected chi connectivity index (χ2v) is 7.56. The fourth-order valence-corrected chi connectivity index (χ4v) is 4.21. The van der Waals surface area contributed by atoms with Crippen molar-refractivity contribution in [1.82, 2.24) is 14.5 Å². The van der Waals surface area contributed by atoms with E-state index in [2.05, 4.69) is 32.8 Å². The molecule has 150 valence electrons. The number of nitrogens with zero attached hydrogens (tertiary/aromatic N) is 4. The van der Waals surface area contributed by atoms with Crippen molar-refractivity contribution >= 4 is 50.5 Å². The number of hydrogen-bond acceptors (Lipinski definition) is 5. The third-order valence-corrected chi connectivity index (χ3v) is 5.69. The Labute approximate surface area is 181 Å². The summed E-state index contributed by atoms with van der Waals surface area (Å²) in [5.74, 6) is 0.688. The van der Waals surface area contributed by atoms with E-state index in [0.717, 1.165) is 55.5 Å². The Bertz CT molecular complexity index is 1760. The molecule has 0 spiro atoms. The van der Waals surface area contributed by atoms with Crippen molar-refractivity contribution in [2.24, 2.45) is 4.99 Å². The Morgan fingerprint density at radius 2 is 1.81 bits per heavy atom. The van der Waals surface area contributed by atoms with Crippen molar-refractivity contribution in [2.75, 3.05) is 0 Å². The molecule has 5 heterocycles. The maximum atomic E-state index is 6.29. The number of rotatable bonds is 2. The van der Waals surface area contributed by atoms with Gasteiger partial charge in [-0.05, 0) is 60.2 Å². The van der Waals surface area contributed by atoms with Gasteiger partial charge in [-0.25, -0.2) is 4.98 Å². The topological polar surface area (TPSA) is 69.3 Å². The maximum absolute atomic E-state index is 6.29. The zero-order chi connectivity index (χ0) is 21.1. The first-order valence-corrected chi connectivity index (χ1v) is 10.2. The van der Waals surface area contributed by atoms with Crippen LogP contribution in [0.5, 0.6) is 0 Å². The van der Waals surface area contributed by atoms with E-state index in [1.54, 1.807) is 24.9 Å². The van der Waals surface area contributed by atoms with Crippen molar-refractivity contribution in [2.45, 2.75) is 0 Å². The van der Waals surface area contributed by atoms with Gasteiger partial charge in [0.15, 0.2) is 11.3 Å². The fourth-order valence-electron chi connectivity index (χ4n) is 4.21. The molecule has 7 rings (SSSR count). The number of furan rings is 2. The number of aromatic nitrogens is 3. The first-order chi connectivity index (χ1) is 15.8. The number of fused-ring (bicyclic) bond motifs is 6. The summed E-state index contributed by atoms with van der Waals surface area (Å²) >= 11 is 0. The second kappa shape index (κ2) is 6.41. The first-order valence-electron chi connectivity index (χ1n) is 10.2. The lowest BCUT2D eigenvalue weighted by Crippen LogP contribution is -1.88. The van der Waals surface area contributed by atoms with Gasteiger partial charge in [-0.3, -0.25) is 9.98 Å². The smallest absolute Gasteiger partial charge is 0.169 e. The van der Waals surface area contributed by atoms with Gasteiger partial charge in [0.2, 0.25) is 0 Å². The molecule has 0 fully saturated rings. The number of allylic oxidation sites excluding steroid dienone is 1. The summed E-state index contributed by atoms with van der Waals surface area (Å²) < 4.78 is 14.2. The van der Waals surface area contributed by atoms with E-state index >= 15 is 0 Å². The predicted octanol–water partition coefficient (Wildman–Crippen LogP) is 6.22. The minimum absolute atomic E-state index is 0.688. The van der Waals surface area contributed by atoms with E-state index < -0.39 is 0 Å². The van der Waals surface area contributed by atoms with Crippen LogP contribution in [0.1, 0.15) is 11.3 Å². The van der Waals surface area contributed by atoms with Gasteiger partial charge in [-0.2, -0.15) is 0 Å². The van der Waals surface area contributed by atoms with Crippen molar-refractivity contribution < 1.29 is 8.83 Å². The Hall–Kier alpha value is -4.67. The van der Waals surface area contributed by atoms with Crippen molar-refractivity contribution in [3.63, 3.8) is 0 Å². The van der Waals surface area contributed by atoms with E-state index in [1.165, 1.54) is 0 Å². The molecular weight excluding hydrogens is 400 g/mol. The van der Waals surface area contributed by atoms with Gasteiger partial charge < -0.3 is 13.4 Å². The summed E-state index contributed by atoms with van der Waals surface area (Å²) in [4.78, 5) is 13.3. The summed E-state index contributed by atoms with van der Waals surface area (Å²) in [5, 5.41) is 1.89. The van der Waals surface area contributed by atoms with E-state index in [-0.39, 0.29) is 0 Å². The van der Waals surface area contributed by atoms with Gasteiger partial charge in [-0.1, -0.05) is 0 Å². The highest BCUT2D eigenvalue weighted by atomic mass is 16.3. The molecule has 0 unspecified atom stereocenters. The summed E-state index contributed by atoms with van der Waals surface area (Å²) in [6.07, 6.45) is 10.8. The summed E-state index contributed by atoms with van der Waals surface area (Å²) in [5.41, 5.74) is 10.1. The Kier molecular flexibility index (Phi) is 3.42. The molecule has 1 aliphatic heterocycles. The Balaban J connectivity index is 1.44. The molecule has 2 aromatic carbocycles. The number of pyridine rings is 1. The molecule has 0 amide bonds. The minimum atomic E-state index is 0.688. The number of benzene rings is 2. The van der Waals surface area contributed by atoms with E-state index in [1.807, 2.05) is 53.2 Å². The number of hydrogen-bond donors (Lipinski definition) is 0. The van der Waals surface area contributed by atoms with Crippen LogP contribution in [-0.4, -0.2) is 20.7 Å². The SMILES string of the molecule is C1=CC=Nc2c(oc3ccc(-n4ccnc4)cc23)C=1c1ccc2oc3cccnc3c2c1. The van der Waals surface area contributed by atoms with Gasteiger partial charge in [0, 0.05) is 41.3 Å². The van der Waals surface area contributed by atoms with Crippen LogP contribution < -0.4 is 0 Å². The summed E-state index contributed by atoms with van der Waals surface area (Å²) in [6.45, 7) is 0. The summed E-state index contributed by atoms with van der Waals surface area (Å²) in [7, 11) is 0. The summed E-state index contributed by atoms with van der Waals surface area (Å²) in [6, 6.07) is 15.9. The maximum Gasteiger partial charge on any atom is 0.169 e. The molecule has 0 saturated carbocycles. The molecule has 0 atom stereocenters. The van der Waals surface area contributed by atoms with E-state index in [4.69, 9.17) is 8.83 Å². The van der Waals surface area contributed by atoms with Crippen LogP contribution in [0.2, 0.25) is 0 Å². The van der Waals surface area contributed by atoms with Crippen LogP contribution in [0.4, 0.5) is 5.69 Å². The molecule has 0 bridgehead atoms. The number of imidazole rings is 1. The lowest BCUT2D eigenvalue weighted by molar-refractivity contribution is 0.601. The largest absolute Gasteiger partial charge is 0.454 e. The monoisotopic (exact) mass is 414 g/mol. The normalized spacial score (nSPS) is 13.1. The molecule has 6 heteroatoms. The van der Waals surface area contributed by atoms with Crippen LogP contribution in [0.3, 0.4) is 0 Å². The molecule has 6 aromatic rings. The minimum Gasteiger partial charge on any atom is -0.454 e. The first kappa shape index (κ1) is 17.1. The lowest BCUT2D eigenvalue weighted by atomic mass is 10.0. The quantitative estimate of drug-likeness (QED) is 0.316. The van der Waals surface area contributed by atoms with E-state index in [0.29, 0.717) is 5.76 Å². The van der Waals surface area contributed by atoms with Gasteiger partial charge in [0.1, 0.15) is 22.4 Å². The molecule has 0 aliphatic carbocycles. The van der Waals surface area contributed by atoms with Crippen LogP contribution >= 0.6 is 0 Å². The average Bonchev–Trinajstić information content (AvgIpc) is 3.53. The Morgan fingerprint density at radius 1 is 0.875 bits per heavy atom. The fraction of sp³-hybridized carbons (Fsp3) is 0. The Morgan fingerprint density at radius 3 is 2.75 bits per heavy atom. The molecular formula is C26H14N4O2. The predicted molar refractivity (Wildman–Crippen MR) is 124 cm³/mol. The average molecular weight is 414 g/mol. The highest BCUT2D eigenvalue weighted by molar-refractivity contribution is 6.06. The molecule has 6 nitrogen and oxygen atoms in total. The van der Waals surface area contributed by atoms with Crippen molar-refractivity contribution in [3.8, 4) is 5.69 Å². The van der Waals surface area contributed by atoms with E-state index in [9.17, 15) is 0 Å². The van der Waals surface area contributed by atoms with Crippen LogP contribution in [0.25, 0.3) is 44.3 Å².